The molecule has 1 aromatic rings. The van der Waals surface area contributed by atoms with Crippen LogP contribution in [0.3, 0.4) is 0 Å². The predicted molar refractivity (Wildman–Crippen MR) is 69.4 cm³/mol. The summed E-state index contributed by atoms with van der Waals surface area (Å²) in [6, 6.07) is 7.30. The van der Waals surface area contributed by atoms with E-state index in [1.54, 1.807) is 21.9 Å². The van der Waals surface area contributed by atoms with E-state index in [1.807, 2.05) is 12.1 Å². The van der Waals surface area contributed by atoms with E-state index < -0.39 is 0 Å². The fraction of sp³-hybridized carbons (Fsp3) is 0.385. The molecule has 1 heterocycles. The van der Waals surface area contributed by atoms with Crippen molar-refractivity contribution in [1.82, 2.24) is 9.80 Å². The van der Waals surface area contributed by atoms with Crippen molar-refractivity contribution >= 4 is 23.9 Å². The maximum Gasteiger partial charge on any atom is 0.227 e. The molecule has 0 spiro atoms. The lowest BCUT2D eigenvalue weighted by Gasteiger charge is -2.32. The highest BCUT2D eigenvalue weighted by Crippen LogP contribution is 2.11. The molecular weight excluding hydrogens is 252 g/mol. The van der Waals surface area contributed by atoms with Crippen LogP contribution in [0, 0.1) is 0 Å². The number of piperazine rings is 1. The van der Waals surface area contributed by atoms with Gasteiger partial charge in [-0.25, -0.2) is 0 Å². The van der Waals surface area contributed by atoms with Crippen LogP contribution in [-0.4, -0.2) is 48.3 Å². The lowest BCUT2D eigenvalue weighted by molar-refractivity contribution is -0.134. The van der Waals surface area contributed by atoms with Crippen molar-refractivity contribution in [1.29, 1.82) is 0 Å². The summed E-state index contributed by atoms with van der Waals surface area (Å²) in [5.41, 5.74) is 0.960. The van der Waals surface area contributed by atoms with Crippen LogP contribution in [0.1, 0.15) is 5.56 Å². The largest absolute Gasteiger partial charge is 0.342 e. The van der Waals surface area contributed by atoms with E-state index in [0.29, 0.717) is 37.6 Å². The van der Waals surface area contributed by atoms with E-state index >= 15 is 0 Å². The number of hydrogen-bond acceptors (Lipinski definition) is 2. The second-order valence-electron chi connectivity index (χ2n) is 4.33. The Morgan fingerprint density at radius 3 is 2.33 bits per heavy atom. The standard InChI is InChI=1S/C13H15ClN2O2/c14-12-3-1-11(2-4-12)9-13(18)16-7-5-15(10-17)6-8-16/h1-4,10H,5-9H2. The summed E-state index contributed by atoms with van der Waals surface area (Å²) >= 11 is 5.79. The maximum absolute atomic E-state index is 12.0. The minimum atomic E-state index is 0.0999. The van der Waals surface area contributed by atoms with Crippen LogP contribution in [0.2, 0.25) is 5.02 Å². The van der Waals surface area contributed by atoms with Crippen molar-refractivity contribution in [2.75, 3.05) is 26.2 Å². The minimum absolute atomic E-state index is 0.0999. The molecule has 2 rings (SSSR count). The number of nitrogens with zero attached hydrogens (tertiary/aromatic N) is 2. The number of carbonyl (C=O) groups is 2. The Labute approximate surface area is 111 Å². The third-order valence-electron chi connectivity index (χ3n) is 3.08. The SMILES string of the molecule is O=CN1CCN(C(=O)Cc2ccc(Cl)cc2)CC1. The Morgan fingerprint density at radius 2 is 1.78 bits per heavy atom. The van der Waals surface area contributed by atoms with Crippen LogP contribution in [0.15, 0.2) is 24.3 Å². The summed E-state index contributed by atoms with van der Waals surface area (Å²) in [7, 11) is 0. The van der Waals surface area contributed by atoms with Gasteiger partial charge in [-0.1, -0.05) is 23.7 Å². The van der Waals surface area contributed by atoms with Gasteiger partial charge in [0.15, 0.2) is 0 Å². The van der Waals surface area contributed by atoms with E-state index in [4.69, 9.17) is 11.6 Å². The summed E-state index contributed by atoms with van der Waals surface area (Å²) in [5.74, 6) is 0.0999. The van der Waals surface area contributed by atoms with Crippen molar-refractivity contribution in [2.45, 2.75) is 6.42 Å². The molecule has 1 aromatic carbocycles. The average molecular weight is 267 g/mol. The van der Waals surface area contributed by atoms with E-state index in [-0.39, 0.29) is 5.91 Å². The fourth-order valence-electron chi connectivity index (χ4n) is 1.97. The fourth-order valence-corrected chi connectivity index (χ4v) is 2.09. The lowest BCUT2D eigenvalue weighted by atomic mass is 10.1. The van der Waals surface area contributed by atoms with Gasteiger partial charge in [-0.3, -0.25) is 9.59 Å². The Morgan fingerprint density at radius 1 is 1.17 bits per heavy atom. The van der Waals surface area contributed by atoms with Crippen molar-refractivity contribution in [3.05, 3.63) is 34.9 Å². The van der Waals surface area contributed by atoms with Gasteiger partial charge in [0.1, 0.15) is 0 Å². The highest BCUT2D eigenvalue weighted by atomic mass is 35.5. The molecule has 1 aliphatic rings. The van der Waals surface area contributed by atoms with Gasteiger partial charge in [0.25, 0.3) is 0 Å². The Hall–Kier alpha value is -1.55. The quantitative estimate of drug-likeness (QED) is 0.771. The van der Waals surface area contributed by atoms with Gasteiger partial charge in [-0.15, -0.1) is 0 Å². The van der Waals surface area contributed by atoms with E-state index in [9.17, 15) is 9.59 Å². The summed E-state index contributed by atoms with van der Waals surface area (Å²) in [6.07, 6.45) is 1.22. The first kappa shape index (κ1) is 12.9. The molecule has 0 atom stereocenters. The van der Waals surface area contributed by atoms with Gasteiger partial charge in [0.05, 0.1) is 6.42 Å². The molecule has 2 amide bonds. The van der Waals surface area contributed by atoms with E-state index in [0.717, 1.165) is 12.0 Å². The molecule has 0 aliphatic carbocycles. The third-order valence-corrected chi connectivity index (χ3v) is 3.34. The number of rotatable bonds is 3. The van der Waals surface area contributed by atoms with E-state index in [2.05, 4.69) is 0 Å². The van der Waals surface area contributed by atoms with Gasteiger partial charge >= 0.3 is 0 Å². The first-order valence-electron chi connectivity index (χ1n) is 5.90. The number of benzene rings is 1. The summed E-state index contributed by atoms with van der Waals surface area (Å²) in [5, 5.41) is 0.672. The monoisotopic (exact) mass is 266 g/mol. The molecule has 0 aromatic heterocycles. The summed E-state index contributed by atoms with van der Waals surface area (Å²) in [4.78, 5) is 26.1. The molecule has 4 nitrogen and oxygen atoms in total. The molecule has 0 bridgehead atoms. The molecule has 5 heteroatoms. The van der Waals surface area contributed by atoms with Crippen molar-refractivity contribution in [2.24, 2.45) is 0 Å². The summed E-state index contributed by atoms with van der Waals surface area (Å²) in [6.45, 7) is 2.47. The second kappa shape index (κ2) is 5.87. The Kier molecular flexibility index (Phi) is 4.20. The smallest absolute Gasteiger partial charge is 0.227 e. The van der Waals surface area contributed by atoms with Crippen LogP contribution in [0.25, 0.3) is 0 Å². The molecule has 0 unspecified atom stereocenters. The third kappa shape index (κ3) is 3.23. The first-order chi connectivity index (χ1) is 8.69. The topological polar surface area (TPSA) is 40.6 Å². The van der Waals surface area contributed by atoms with Crippen molar-refractivity contribution < 1.29 is 9.59 Å². The van der Waals surface area contributed by atoms with Crippen LogP contribution < -0.4 is 0 Å². The highest BCUT2D eigenvalue weighted by molar-refractivity contribution is 6.30. The van der Waals surface area contributed by atoms with Gasteiger partial charge in [0, 0.05) is 31.2 Å². The zero-order chi connectivity index (χ0) is 13.0. The van der Waals surface area contributed by atoms with Gasteiger partial charge in [-0.2, -0.15) is 0 Å². The molecule has 96 valence electrons. The average Bonchev–Trinajstić information content (AvgIpc) is 2.41. The predicted octanol–water partition coefficient (Wildman–Crippen LogP) is 1.18. The highest BCUT2D eigenvalue weighted by Gasteiger charge is 2.19. The molecule has 0 radical (unpaired) electrons. The van der Waals surface area contributed by atoms with Crippen LogP contribution in [0.5, 0.6) is 0 Å². The van der Waals surface area contributed by atoms with E-state index in [1.165, 1.54) is 0 Å². The van der Waals surface area contributed by atoms with Gasteiger partial charge in [-0.05, 0) is 17.7 Å². The number of carbonyl (C=O) groups excluding carboxylic acids is 2. The van der Waals surface area contributed by atoms with Crippen LogP contribution >= 0.6 is 11.6 Å². The van der Waals surface area contributed by atoms with Crippen LogP contribution in [-0.2, 0) is 16.0 Å². The molecule has 18 heavy (non-hydrogen) atoms. The lowest BCUT2D eigenvalue weighted by Crippen LogP contribution is -2.48. The Balaban J connectivity index is 1.88. The molecule has 0 saturated carbocycles. The zero-order valence-corrected chi connectivity index (χ0v) is 10.8. The normalized spacial score (nSPS) is 15.6. The number of hydrogen-bond donors (Lipinski definition) is 0. The van der Waals surface area contributed by atoms with Gasteiger partial charge < -0.3 is 9.80 Å². The zero-order valence-electron chi connectivity index (χ0n) is 10.0. The number of halogens is 1. The van der Waals surface area contributed by atoms with Crippen molar-refractivity contribution in [3.8, 4) is 0 Å². The van der Waals surface area contributed by atoms with Crippen molar-refractivity contribution in [3.63, 3.8) is 0 Å². The molecular formula is C13H15ClN2O2. The Bertz CT molecular complexity index is 425. The first-order valence-corrected chi connectivity index (χ1v) is 6.28. The maximum atomic E-state index is 12.0. The molecule has 0 N–H and O–H groups in total. The minimum Gasteiger partial charge on any atom is -0.342 e. The van der Waals surface area contributed by atoms with Gasteiger partial charge in [0.2, 0.25) is 12.3 Å². The molecule has 1 fully saturated rings. The summed E-state index contributed by atoms with van der Waals surface area (Å²) < 4.78 is 0. The molecule has 1 aliphatic heterocycles. The van der Waals surface area contributed by atoms with Crippen LogP contribution in [0.4, 0.5) is 0 Å². The number of amides is 2. The second-order valence-corrected chi connectivity index (χ2v) is 4.76. The molecule has 1 saturated heterocycles.